The Hall–Kier alpha value is -1.27. The van der Waals surface area contributed by atoms with E-state index in [9.17, 15) is 0 Å². The smallest absolute Gasteiger partial charge is 0.158 e. The number of anilines is 1. The van der Waals surface area contributed by atoms with Crippen molar-refractivity contribution in [3.63, 3.8) is 0 Å². The van der Waals surface area contributed by atoms with Crippen LogP contribution < -0.4 is 11.2 Å². The van der Waals surface area contributed by atoms with E-state index in [0.29, 0.717) is 17.8 Å². The number of nitrogens with two attached hydrogens (primary N) is 1. The largest absolute Gasteiger partial charge is 0.388 e. The van der Waals surface area contributed by atoms with Crippen LogP contribution >= 0.6 is 12.2 Å². The highest BCUT2D eigenvalue weighted by molar-refractivity contribution is 7.80. The summed E-state index contributed by atoms with van der Waals surface area (Å²) in [6.45, 7) is 4.44. The molecule has 1 fully saturated rings. The third-order valence-electron chi connectivity index (χ3n) is 3.34. The molecule has 0 radical (unpaired) electrons. The van der Waals surface area contributed by atoms with Crippen LogP contribution in [-0.2, 0) is 0 Å². The first-order valence-corrected chi connectivity index (χ1v) is 6.65. The molecule has 18 heavy (non-hydrogen) atoms. The number of thiocarbonyl (C=S) groups is 1. The van der Waals surface area contributed by atoms with Crippen LogP contribution in [0.4, 0.5) is 5.82 Å². The molecule has 3 N–H and O–H groups in total. The molecule has 0 aromatic carbocycles. The average molecular weight is 265 g/mol. The van der Waals surface area contributed by atoms with E-state index in [1.165, 1.54) is 19.3 Å². The Morgan fingerprint density at radius 1 is 1.33 bits per heavy atom. The van der Waals surface area contributed by atoms with Crippen LogP contribution in [0.1, 0.15) is 38.8 Å². The van der Waals surface area contributed by atoms with Gasteiger partial charge in [0.2, 0.25) is 0 Å². The Labute approximate surface area is 113 Å². The summed E-state index contributed by atoms with van der Waals surface area (Å²) in [6.07, 6.45) is 6.96. The second-order valence-electron chi connectivity index (χ2n) is 4.80. The van der Waals surface area contributed by atoms with Crippen molar-refractivity contribution in [1.29, 1.82) is 0 Å². The van der Waals surface area contributed by atoms with E-state index in [2.05, 4.69) is 34.3 Å². The fourth-order valence-corrected chi connectivity index (χ4v) is 2.39. The lowest BCUT2D eigenvalue weighted by Crippen LogP contribution is -2.47. The molecule has 1 saturated heterocycles. The Balaban J connectivity index is 2.06. The highest BCUT2D eigenvalue weighted by Gasteiger charge is 2.24. The van der Waals surface area contributed by atoms with Crippen molar-refractivity contribution < 1.29 is 0 Å². The molecular weight excluding hydrogens is 246 g/mol. The number of hydrogen-bond acceptors (Lipinski definition) is 5. The molecule has 1 aliphatic heterocycles. The Kier molecular flexibility index (Phi) is 4.08. The third kappa shape index (κ3) is 2.94. The van der Waals surface area contributed by atoms with Gasteiger partial charge in [-0.05, 0) is 26.7 Å². The average Bonchev–Trinajstić information content (AvgIpc) is 2.34. The first kappa shape index (κ1) is 13.2. The molecule has 2 atom stereocenters. The minimum atomic E-state index is 0.272. The van der Waals surface area contributed by atoms with Crippen molar-refractivity contribution >= 4 is 23.0 Å². The summed E-state index contributed by atoms with van der Waals surface area (Å²) in [5.74, 6) is 0.732. The molecule has 1 aliphatic rings. The van der Waals surface area contributed by atoms with E-state index in [1.807, 2.05) is 0 Å². The van der Waals surface area contributed by atoms with Gasteiger partial charge in [-0.1, -0.05) is 18.6 Å². The Bertz CT molecular complexity index is 409. The number of hydrogen-bond donors (Lipinski definition) is 2. The van der Waals surface area contributed by atoms with Crippen LogP contribution in [0.25, 0.3) is 0 Å². The molecule has 0 saturated carbocycles. The molecule has 0 bridgehead atoms. The molecule has 2 unspecified atom stereocenters. The van der Waals surface area contributed by atoms with Crippen molar-refractivity contribution in [2.75, 3.05) is 5.43 Å². The van der Waals surface area contributed by atoms with Gasteiger partial charge in [0.25, 0.3) is 0 Å². The lowest BCUT2D eigenvalue weighted by atomic mass is 10.00. The molecule has 6 heteroatoms. The van der Waals surface area contributed by atoms with Gasteiger partial charge < -0.3 is 11.2 Å². The van der Waals surface area contributed by atoms with Gasteiger partial charge in [0.05, 0.1) is 12.4 Å². The molecule has 1 aromatic rings. The quantitative estimate of drug-likeness (QED) is 0.811. The highest BCUT2D eigenvalue weighted by Crippen LogP contribution is 2.22. The fourth-order valence-electron chi connectivity index (χ4n) is 2.29. The van der Waals surface area contributed by atoms with Crippen LogP contribution in [0, 0.1) is 0 Å². The van der Waals surface area contributed by atoms with Crippen molar-refractivity contribution in [2.24, 2.45) is 5.73 Å². The van der Waals surface area contributed by atoms with Crippen LogP contribution in [0.2, 0.25) is 0 Å². The topological polar surface area (TPSA) is 67.1 Å². The van der Waals surface area contributed by atoms with Crippen molar-refractivity contribution in [3.8, 4) is 0 Å². The molecule has 1 aromatic heterocycles. The molecule has 5 nitrogen and oxygen atoms in total. The summed E-state index contributed by atoms with van der Waals surface area (Å²) in [7, 11) is 0. The lowest BCUT2D eigenvalue weighted by Gasteiger charge is -2.38. The molecule has 0 spiro atoms. The summed E-state index contributed by atoms with van der Waals surface area (Å²) < 4.78 is 0. The van der Waals surface area contributed by atoms with E-state index in [0.717, 1.165) is 5.82 Å². The minimum Gasteiger partial charge on any atom is -0.388 e. The molecule has 0 amide bonds. The van der Waals surface area contributed by atoms with E-state index in [4.69, 9.17) is 18.0 Å². The molecule has 2 rings (SSSR count). The summed E-state index contributed by atoms with van der Waals surface area (Å²) in [4.78, 5) is 8.73. The van der Waals surface area contributed by atoms with Gasteiger partial charge in [-0.25, -0.2) is 15.0 Å². The molecule has 98 valence electrons. The van der Waals surface area contributed by atoms with Crippen molar-refractivity contribution in [3.05, 3.63) is 18.1 Å². The number of nitrogens with zero attached hydrogens (tertiary/aromatic N) is 3. The van der Waals surface area contributed by atoms with Gasteiger partial charge in [-0.15, -0.1) is 0 Å². The van der Waals surface area contributed by atoms with Gasteiger partial charge in [0.1, 0.15) is 10.7 Å². The Morgan fingerprint density at radius 3 is 2.50 bits per heavy atom. The summed E-state index contributed by atoms with van der Waals surface area (Å²) in [5.41, 5.74) is 9.36. The second kappa shape index (κ2) is 5.58. The molecule has 2 heterocycles. The summed E-state index contributed by atoms with van der Waals surface area (Å²) in [5, 5.41) is 2.24. The third-order valence-corrected chi connectivity index (χ3v) is 3.55. The first-order valence-electron chi connectivity index (χ1n) is 6.24. The number of aromatic nitrogens is 2. The van der Waals surface area contributed by atoms with Gasteiger partial charge in [0, 0.05) is 12.1 Å². The van der Waals surface area contributed by atoms with Crippen LogP contribution in [0.3, 0.4) is 0 Å². The maximum atomic E-state index is 5.49. The summed E-state index contributed by atoms with van der Waals surface area (Å²) in [6, 6.07) is 1.01. The van der Waals surface area contributed by atoms with Gasteiger partial charge in [-0.2, -0.15) is 0 Å². The zero-order valence-corrected chi connectivity index (χ0v) is 11.6. The number of nitrogens with one attached hydrogen (secondary N) is 1. The zero-order chi connectivity index (χ0) is 13.1. The van der Waals surface area contributed by atoms with E-state index in [-0.39, 0.29) is 4.99 Å². The fraction of sp³-hybridized carbons (Fsp3) is 0.583. The highest BCUT2D eigenvalue weighted by atomic mass is 32.1. The maximum Gasteiger partial charge on any atom is 0.158 e. The number of rotatable bonds is 3. The SMILES string of the molecule is CC1CCCC(C)N1Nc1cnc(C(N)=S)cn1. The lowest BCUT2D eigenvalue weighted by molar-refractivity contribution is 0.135. The normalized spacial score (nSPS) is 24.8. The predicted octanol–water partition coefficient (Wildman–Crippen LogP) is 1.70. The molecular formula is C12H19N5S. The van der Waals surface area contributed by atoms with E-state index < -0.39 is 0 Å². The standard InChI is InChI=1S/C12H19N5S/c1-8-4-3-5-9(2)17(8)16-11-7-14-10(6-15-11)12(13)18/h6-9H,3-5H2,1-2H3,(H2,13,18)(H,15,16). The number of piperidine rings is 1. The zero-order valence-electron chi connectivity index (χ0n) is 10.8. The molecule has 0 aliphatic carbocycles. The van der Waals surface area contributed by atoms with Crippen molar-refractivity contribution in [1.82, 2.24) is 15.0 Å². The number of hydrazine groups is 1. The van der Waals surface area contributed by atoms with E-state index >= 15 is 0 Å². The predicted molar refractivity (Wildman–Crippen MR) is 76.2 cm³/mol. The van der Waals surface area contributed by atoms with Crippen LogP contribution in [-0.4, -0.2) is 32.0 Å². The minimum absolute atomic E-state index is 0.272. The van der Waals surface area contributed by atoms with Gasteiger partial charge >= 0.3 is 0 Å². The first-order chi connectivity index (χ1) is 8.58. The summed E-state index contributed by atoms with van der Waals surface area (Å²) >= 11 is 4.85. The Morgan fingerprint density at radius 2 is 2.00 bits per heavy atom. The second-order valence-corrected chi connectivity index (χ2v) is 5.24. The van der Waals surface area contributed by atoms with Gasteiger partial charge in [-0.3, -0.25) is 0 Å². The maximum absolute atomic E-state index is 5.49. The van der Waals surface area contributed by atoms with E-state index in [1.54, 1.807) is 12.4 Å². The van der Waals surface area contributed by atoms with Crippen molar-refractivity contribution in [2.45, 2.75) is 45.2 Å². The van der Waals surface area contributed by atoms with Crippen LogP contribution in [0.5, 0.6) is 0 Å². The van der Waals surface area contributed by atoms with Gasteiger partial charge in [0.15, 0.2) is 5.82 Å². The van der Waals surface area contributed by atoms with Crippen LogP contribution in [0.15, 0.2) is 12.4 Å². The monoisotopic (exact) mass is 265 g/mol.